The van der Waals surface area contributed by atoms with Gasteiger partial charge in [0, 0.05) is 11.8 Å². The van der Waals surface area contributed by atoms with Gasteiger partial charge in [0.15, 0.2) is 5.03 Å². The quantitative estimate of drug-likeness (QED) is 0.819. The monoisotopic (exact) mass is 343 g/mol. The number of aromatic nitrogens is 2. The Balaban J connectivity index is 2.31. The van der Waals surface area contributed by atoms with Gasteiger partial charge in [-0.15, -0.1) is 0 Å². The SMILES string of the molecule is CCc1ncc(S(=O)(=O)Nc2ccccc2CBr)[nH]1. The highest BCUT2D eigenvalue weighted by Crippen LogP contribution is 2.21. The number of halogens is 1. The summed E-state index contributed by atoms with van der Waals surface area (Å²) >= 11 is 3.33. The fourth-order valence-corrected chi connectivity index (χ4v) is 3.13. The minimum absolute atomic E-state index is 0.0775. The maximum absolute atomic E-state index is 12.2. The van der Waals surface area contributed by atoms with E-state index in [0.717, 1.165) is 5.56 Å². The highest BCUT2D eigenvalue weighted by Gasteiger charge is 2.18. The summed E-state index contributed by atoms with van der Waals surface area (Å²) in [5.74, 6) is 0.647. The first-order valence-corrected chi connectivity index (χ1v) is 8.38. The molecule has 0 amide bonds. The molecule has 0 fully saturated rings. The van der Waals surface area contributed by atoms with Crippen molar-refractivity contribution in [3.8, 4) is 0 Å². The molecule has 0 radical (unpaired) electrons. The molecule has 19 heavy (non-hydrogen) atoms. The van der Waals surface area contributed by atoms with E-state index in [1.807, 2.05) is 19.1 Å². The molecule has 0 unspecified atom stereocenters. The first kappa shape index (κ1) is 14.1. The molecule has 0 saturated heterocycles. The molecule has 0 aliphatic carbocycles. The molecule has 102 valence electrons. The van der Waals surface area contributed by atoms with Crippen LogP contribution in [0, 0.1) is 0 Å². The van der Waals surface area contributed by atoms with Crippen LogP contribution in [0.3, 0.4) is 0 Å². The lowest BCUT2D eigenvalue weighted by molar-refractivity contribution is 0.598. The molecule has 0 aliphatic rings. The van der Waals surface area contributed by atoms with Gasteiger partial charge in [-0.2, -0.15) is 8.42 Å². The summed E-state index contributed by atoms with van der Waals surface area (Å²) in [5, 5.41) is 0.656. The third-order valence-corrected chi connectivity index (χ3v) is 4.51. The first-order chi connectivity index (χ1) is 9.06. The molecule has 0 spiro atoms. The molecule has 2 aromatic rings. The van der Waals surface area contributed by atoms with Gasteiger partial charge >= 0.3 is 0 Å². The van der Waals surface area contributed by atoms with Crippen LogP contribution in [0.15, 0.2) is 35.5 Å². The number of sulfonamides is 1. The number of imidazole rings is 1. The van der Waals surface area contributed by atoms with Crippen LogP contribution in [0.5, 0.6) is 0 Å². The largest absolute Gasteiger partial charge is 0.332 e. The van der Waals surface area contributed by atoms with E-state index >= 15 is 0 Å². The van der Waals surface area contributed by atoms with Crippen LogP contribution in [0.25, 0.3) is 0 Å². The summed E-state index contributed by atoms with van der Waals surface area (Å²) in [6.07, 6.45) is 1.99. The highest BCUT2D eigenvalue weighted by molar-refractivity contribution is 9.08. The maximum atomic E-state index is 12.2. The second-order valence-electron chi connectivity index (χ2n) is 3.94. The van der Waals surface area contributed by atoms with Crippen molar-refractivity contribution >= 4 is 31.6 Å². The van der Waals surface area contributed by atoms with Crippen molar-refractivity contribution in [2.45, 2.75) is 23.7 Å². The van der Waals surface area contributed by atoms with Crippen LogP contribution in [0.4, 0.5) is 5.69 Å². The number of para-hydroxylation sites is 1. The minimum atomic E-state index is -3.62. The number of rotatable bonds is 5. The van der Waals surface area contributed by atoms with Crippen molar-refractivity contribution in [2.75, 3.05) is 4.72 Å². The Hall–Kier alpha value is -1.34. The number of aromatic amines is 1. The molecule has 5 nitrogen and oxygen atoms in total. The maximum Gasteiger partial charge on any atom is 0.278 e. The minimum Gasteiger partial charge on any atom is -0.332 e. The number of alkyl halides is 1. The summed E-state index contributed by atoms with van der Waals surface area (Å²) in [5.41, 5.74) is 1.44. The summed E-state index contributed by atoms with van der Waals surface area (Å²) in [6, 6.07) is 7.23. The van der Waals surface area contributed by atoms with E-state index in [1.165, 1.54) is 6.20 Å². The van der Waals surface area contributed by atoms with E-state index in [4.69, 9.17) is 0 Å². The zero-order valence-electron chi connectivity index (χ0n) is 10.4. The number of nitrogens with one attached hydrogen (secondary N) is 2. The fraction of sp³-hybridized carbons (Fsp3) is 0.250. The van der Waals surface area contributed by atoms with Crippen LogP contribution in [0.1, 0.15) is 18.3 Å². The van der Waals surface area contributed by atoms with Gasteiger partial charge in [0.25, 0.3) is 10.0 Å². The van der Waals surface area contributed by atoms with Gasteiger partial charge in [-0.05, 0) is 11.6 Å². The summed E-state index contributed by atoms with van der Waals surface area (Å²) in [7, 11) is -3.62. The number of benzene rings is 1. The normalized spacial score (nSPS) is 11.5. The fourth-order valence-electron chi connectivity index (χ4n) is 1.60. The predicted molar refractivity (Wildman–Crippen MR) is 77.8 cm³/mol. The van der Waals surface area contributed by atoms with Gasteiger partial charge in [-0.25, -0.2) is 4.98 Å². The third-order valence-electron chi connectivity index (χ3n) is 2.64. The van der Waals surface area contributed by atoms with Gasteiger partial charge in [0.1, 0.15) is 5.82 Å². The molecular weight excluding hydrogens is 330 g/mol. The van der Waals surface area contributed by atoms with Gasteiger partial charge < -0.3 is 4.98 Å². The lowest BCUT2D eigenvalue weighted by atomic mass is 10.2. The standard InChI is InChI=1S/C12H14BrN3O2S/c1-2-11-14-8-12(15-11)19(17,18)16-10-6-4-3-5-9(10)7-13/h3-6,8,16H,2,7H2,1H3,(H,14,15). The van der Waals surface area contributed by atoms with E-state index in [1.54, 1.807) is 12.1 Å². The Morgan fingerprint density at radius 3 is 2.74 bits per heavy atom. The Bertz CT molecular complexity index is 667. The molecule has 1 heterocycles. The van der Waals surface area contributed by atoms with E-state index in [-0.39, 0.29) is 5.03 Å². The van der Waals surface area contributed by atoms with E-state index in [0.29, 0.717) is 23.3 Å². The van der Waals surface area contributed by atoms with Crippen LogP contribution in [-0.2, 0) is 21.8 Å². The summed E-state index contributed by atoms with van der Waals surface area (Å²) in [6.45, 7) is 1.91. The van der Waals surface area contributed by atoms with E-state index in [9.17, 15) is 8.42 Å². The average molecular weight is 344 g/mol. The number of aryl methyl sites for hydroxylation is 1. The number of hydrogen-bond acceptors (Lipinski definition) is 3. The second-order valence-corrected chi connectivity index (χ2v) is 6.16. The third kappa shape index (κ3) is 3.16. The number of anilines is 1. The molecular formula is C12H14BrN3O2S. The van der Waals surface area contributed by atoms with Crippen LogP contribution in [0.2, 0.25) is 0 Å². The Morgan fingerprint density at radius 2 is 2.11 bits per heavy atom. The molecule has 7 heteroatoms. The molecule has 0 saturated carbocycles. The van der Waals surface area contributed by atoms with Crippen LogP contribution in [-0.4, -0.2) is 18.4 Å². The topological polar surface area (TPSA) is 74.8 Å². The lowest BCUT2D eigenvalue weighted by Gasteiger charge is -2.09. The van der Waals surface area contributed by atoms with Gasteiger partial charge in [0.05, 0.1) is 11.9 Å². The molecule has 0 atom stereocenters. The first-order valence-electron chi connectivity index (χ1n) is 5.77. The van der Waals surface area contributed by atoms with Crippen molar-refractivity contribution in [2.24, 2.45) is 0 Å². The predicted octanol–water partition coefficient (Wildman–Crippen LogP) is 2.67. The summed E-state index contributed by atoms with van der Waals surface area (Å²) in [4.78, 5) is 6.79. The van der Waals surface area contributed by atoms with Crippen molar-refractivity contribution in [1.82, 2.24) is 9.97 Å². The van der Waals surface area contributed by atoms with E-state index in [2.05, 4.69) is 30.6 Å². The van der Waals surface area contributed by atoms with Gasteiger partial charge in [-0.1, -0.05) is 41.1 Å². The number of nitrogens with zero attached hydrogens (tertiary/aromatic N) is 1. The Morgan fingerprint density at radius 1 is 1.37 bits per heavy atom. The van der Waals surface area contributed by atoms with Crippen molar-refractivity contribution in [3.05, 3.63) is 41.9 Å². The van der Waals surface area contributed by atoms with Crippen molar-refractivity contribution < 1.29 is 8.42 Å². The Labute approximate surface area is 120 Å². The van der Waals surface area contributed by atoms with Gasteiger partial charge in [-0.3, -0.25) is 4.72 Å². The molecule has 1 aromatic carbocycles. The van der Waals surface area contributed by atoms with Crippen molar-refractivity contribution in [1.29, 1.82) is 0 Å². The van der Waals surface area contributed by atoms with Crippen LogP contribution < -0.4 is 4.72 Å². The molecule has 0 bridgehead atoms. The zero-order chi connectivity index (χ0) is 13.9. The smallest absolute Gasteiger partial charge is 0.278 e. The molecule has 2 rings (SSSR count). The van der Waals surface area contributed by atoms with Crippen LogP contribution >= 0.6 is 15.9 Å². The Kier molecular flexibility index (Phi) is 4.26. The molecule has 2 N–H and O–H groups in total. The molecule has 0 aliphatic heterocycles. The summed E-state index contributed by atoms with van der Waals surface area (Å²) < 4.78 is 27.0. The lowest BCUT2D eigenvalue weighted by Crippen LogP contribution is -2.14. The molecule has 1 aromatic heterocycles. The average Bonchev–Trinajstić information content (AvgIpc) is 2.88. The van der Waals surface area contributed by atoms with Gasteiger partial charge in [0.2, 0.25) is 0 Å². The number of H-pyrrole nitrogens is 1. The highest BCUT2D eigenvalue weighted by atomic mass is 79.9. The number of hydrogen-bond donors (Lipinski definition) is 2. The second kappa shape index (κ2) is 5.75. The zero-order valence-corrected chi connectivity index (χ0v) is 12.8. The van der Waals surface area contributed by atoms with Crippen molar-refractivity contribution in [3.63, 3.8) is 0 Å². The van der Waals surface area contributed by atoms with E-state index < -0.39 is 10.0 Å².